The molecule has 11 heavy (non-hydrogen) atoms. The van der Waals surface area contributed by atoms with Crippen LogP contribution in [0.4, 0.5) is 0 Å². The predicted octanol–water partition coefficient (Wildman–Crippen LogP) is 0.821. The van der Waals surface area contributed by atoms with Gasteiger partial charge in [0.25, 0.3) is 0 Å². The van der Waals surface area contributed by atoms with Crippen LogP contribution in [0.15, 0.2) is 0 Å². The van der Waals surface area contributed by atoms with E-state index in [4.69, 9.17) is 0 Å². The zero-order valence-electron chi connectivity index (χ0n) is 8.53. The summed E-state index contributed by atoms with van der Waals surface area (Å²) in [6.45, 7) is 8.45. The molecule has 0 radical (unpaired) electrons. The van der Waals surface area contributed by atoms with Crippen LogP contribution in [0, 0.1) is 12.8 Å². The summed E-state index contributed by atoms with van der Waals surface area (Å²) in [6, 6.07) is 0. The maximum Gasteiger partial charge on any atom is 1.00 e. The van der Waals surface area contributed by atoms with Gasteiger partial charge in [0.05, 0.1) is 0 Å². The van der Waals surface area contributed by atoms with Gasteiger partial charge in [-0.3, -0.25) is 0 Å². The molecule has 0 bridgehead atoms. The summed E-state index contributed by atoms with van der Waals surface area (Å²) in [5.74, 6) is 0.932. The quantitative estimate of drug-likeness (QED) is 0.386. The third-order valence-electron chi connectivity index (χ3n) is 2.00. The van der Waals surface area contributed by atoms with E-state index in [-0.39, 0.29) is 18.9 Å². The summed E-state index contributed by atoms with van der Waals surface area (Å²) in [6.07, 6.45) is 7.95. The van der Waals surface area contributed by atoms with E-state index >= 15 is 0 Å². The molecule has 0 aliphatic rings. The van der Waals surface area contributed by atoms with Crippen LogP contribution in [0.25, 0.3) is 0 Å². The van der Waals surface area contributed by atoms with E-state index in [1.807, 2.05) is 0 Å². The number of rotatable bonds is 6. The van der Waals surface area contributed by atoms with Gasteiger partial charge in [0.1, 0.15) is 0 Å². The molecule has 62 valence electrons. The maximum absolute atomic E-state index is 3.84. The van der Waals surface area contributed by atoms with E-state index in [1.54, 1.807) is 0 Å². The van der Waals surface area contributed by atoms with Crippen molar-refractivity contribution in [1.82, 2.24) is 0 Å². The molecular weight excluding hydrogens is 127 g/mol. The normalized spacial score (nSPS) is 12.3. The van der Waals surface area contributed by atoms with Crippen LogP contribution in [0.3, 0.4) is 0 Å². The van der Waals surface area contributed by atoms with Crippen LogP contribution >= 0.6 is 0 Å². The Morgan fingerprint density at radius 3 is 2.18 bits per heavy atom. The van der Waals surface area contributed by atoms with Crippen molar-refractivity contribution < 1.29 is 18.9 Å². The van der Waals surface area contributed by atoms with Gasteiger partial charge in [0.2, 0.25) is 0 Å². The summed E-state index contributed by atoms with van der Waals surface area (Å²) in [7, 11) is 0. The summed E-state index contributed by atoms with van der Waals surface area (Å²) < 4.78 is 0. The molecule has 0 nitrogen and oxygen atoms in total. The van der Waals surface area contributed by atoms with Crippen molar-refractivity contribution in [1.29, 1.82) is 0 Å². The van der Waals surface area contributed by atoms with Gasteiger partial charge in [-0.2, -0.15) is 6.42 Å². The van der Waals surface area contributed by atoms with Crippen LogP contribution < -0.4 is 18.9 Å². The van der Waals surface area contributed by atoms with Crippen LogP contribution in [0.2, 0.25) is 0 Å². The number of hydrogen-bond donors (Lipinski definition) is 0. The fraction of sp³-hybridized carbons (Fsp3) is 0.900. The smallest absolute Gasteiger partial charge is 0.343 e. The van der Waals surface area contributed by atoms with Gasteiger partial charge in [0, 0.05) is 0 Å². The van der Waals surface area contributed by atoms with Gasteiger partial charge in [-0.05, 0) is 5.92 Å². The molecule has 1 atom stereocenters. The molecule has 0 aromatic rings. The largest absolute Gasteiger partial charge is 1.00 e. The molecule has 0 spiro atoms. The van der Waals surface area contributed by atoms with Gasteiger partial charge in [0.15, 0.2) is 0 Å². The van der Waals surface area contributed by atoms with Crippen molar-refractivity contribution in [2.24, 2.45) is 5.92 Å². The van der Waals surface area contributed by atoms with Crippen molar-refractivity contribution in [3.8, 4) is 0 Å². The molecule has 0 heterocycles. The van der Waals surface area contributed by atoms with E-state index in [2.05, 4.69) is 20.8 Å². The molecule has 0 aromatic heterocycles. The Balaban J connectivity index is 0. The first-order valence-corrected chi connectivity index (χ1v) is 4.60. The first kappa shape index (κ1) is 14.1. The van der Waals surface area contributed by atoms with Crippen LogP contribution in [-0.2, 0) is 0 Å². The second-order valence-corrected chi connectivity index (χ2v) is 3.24. The average molecular weight is 148 g/mol. The molecule has 0 fully saturated rings. The van der Waals surface area contributed by atoms with Gasteiger partial charge >= 0.3 is 18.9 Å². The van der Waals surface area contributed by atoms with Crippen molar-refractivity contribution in [2.75, 3.05) is 0 Å². The third-order valence-corrected chi connectivity index (χ3v) is 2.00. The van der Waals surface area contributed by atoms with Crippen LogP contribution in [0.5, 0.6) is 0 Å². The Morgan fingerprint density at radius 1 is 1.18 bits per heavy atom. The molecule has 0 saturated heterocycles. The molecule has 1 unspecified atom stereocenters. The molecule has 0 rings (SSSR count). The van der Waals surface area contributed by atoms with E-state index in [0.717, 1.165) is 12.3 Å². The molecule has 0 aromatic carbocycles. The Hall–Kier alpha value is 0.597. The molecule has 0 N–H and O–H groups in total. The third kappa shape index (κ3) is 10.6. The topological polar surface area (TPSA) is 0 Å². The zero-order chi connectivity index (χ0) is 7.82. The van der Waals surface area contributed by atoms with E-state index in [0.29, 0.717) is 0 Å². The molecule has 0 aliphatic heterocycles. The standard InChI is InChI=1S/C10H21.Li/c1-4-6-8-10(3)9-7-5-2;/h10H,1,4-9H2,2-3H3;/q-1;+1. The van der Waals surface area contributed by atoms with Gasteiger partial charge < -0.3 is 6.92 Å². The minimum absolute atomic E-state index is 0. The monoisotopic (exact) mass is 148 g/mol. The molecule has 0 amide bonds. The van der Waals surface area contributed by atoms with Crippen molar-refractivity contribution >= 4 is 0 Å². The Bertz CT molecular complexity index is 53.9. The zero-order valence-corrected chi connectivity index (χ0v) is 8.53. The fourth-order valence-electron chi connectivity index (χ4n) is 1.19. The molecule has 1 heteroatoms. The second-order valence-electron chi connectivity index (χ2n) is 3.24. The Kier molecular flexibility index (Phi) is 13.6. The summed E-state index contributed by atoms with van der Waals surface area (Å²) in [5.41, 5.74) is 0. The van der Waals surface area contributed by atoms with E-state index in [1.165, 1.54) is 32.1 Å². The van der Waals surface area contributed by atoms with Crippen molar-refractivity contribution in [3.63, 3.8) is 0 Å². The van der Waals surface area contributed by atoms with Crippen molar-refractivity contribution in [3.05, 3.63) is 6.92 Å². The van der Waals surface area contributed by atoms with Gasteiger partial charge in [-0.1, -0.05) is 46.0 Å². The number of hydrogen-bond acceptors (Lipinski definition) is 0. The minimum Gasteiger partial charge on any atom is -0.343 e. The molecular formula is C10H21Li. The second kappa shape index (κ2) is 10.6. The van der Waals surface area contributed by atoms with Gasteiger partial charge in [-0.25, -0.2) is 0 Å². The maximum atomic E-state index is 3.84. The predicted molar refractivity (Wildman–Crippen MR) is 47.9 cm³/mol. The summed E-state index contributed by atoms with van der Waals surface area (Å²) in [5, 5.41) is 0. The minimum atomic E-state index is 0. The van der Waals surface area contributed by atoms with Gasteiger partial charge in [-0.15, -0.1) is 0 Å². The first-order chi connectivity index (χ1) is 4.81. The SMILES string of the molecule is [CH2-]CCCC(C)CCCC.[Li+]. The van der Waals surface area contributed by atoms with Crippen LogP contribution in [-0.4, -0.2) is 0 Å². The van der Waals surface area contributed by atoms with Crippen LogP contribution in [0.1, 0.15) is 52.4 Å². The summed E-state index contributed by atoms with van der Waals surface area (Å²) in [4.78, 5) is 0. The first-order valence-electron chi connectivity index (χ1n) is 4.60. The average Bonchev–Trinajstić information content (AvgIpc) is 1.97. The fourth-order valence-corrected chi connectivity index (χ4v) is 1.19. The van der Waals surface area contributed by atoms with Crippen molar-refractivity contribution in [2.45, 2.75) is 52.4 Å². The Labute approximate surface area is 84.3 Å². The molecule has 0 aliphatic carbocycles. The summed E-state index contributed by atoms with van der Waals surface area (Å²) >= 11 is 0. The Morgan fingerprint density at radius 2 is 1.73 bits per heavy atom. The van der Waals surface area contributed by atoms with E-state index < -0.39 is 0 Å². The van der Waals surface area contributed by atoms with E-state index in [9.17, 15) is 0 Å². The molecule has 0 saturated carbocycles. The number of unbranched alkanes of at least 4 members (excludes halogenated alkanes) is 2.